The molecule has 0 saturated heterocycles. The summed E-state index contributed by atoms with van der Waals surface area (Å²) >= 11 is 1.46. The van der Waals surface area contributed by atoms with Crippen molar-refractivity contribution >= 4 is 28.7 Å². The minimum atomic E-state index is -0.546. The minimum absolute atomic E-state index is 0.0958. The molecule has 0 bridgehead atoms. The highest BCUT2D eigenvalue weighted by atomic mass is 32.1. The Balaban J connectivity index is 1.45. The lowest BCUT2D eigenvalue weighted by molar-refractivity contribution is 0.0561. The molecule has 0 saturated carbocycles. The number of benzene rings is 2. The van der Waals surface area contributed by atoms with Gasteiger partial charge in [-0.3, -0.25) is 5.43 Å². The number of hydrogen-bond donors (Lipinski definition) is 1. The first-order valence-corrected chi connectivity index (χ1v) is 10.8. The largest absolute Gasteiger partial charge is 0.493 e. The maximum atomic E-state index is 11.6. The molecule has 33 heavy (non-hydrogen) atoms. The van der Waals surface area contributed by atoms with Gasteiger partial charge in [-0.1, -0.05) is 36.4 Å². The first-order valence-electron chi connectivity index (χ1n) is 9.95. The Labute approximate surface area is 194 Å². The molecular weight excluding hydrogens is 442 g/mol. The molecule has 0 fully saturated rings. The lowest BCUT2D eigenvalue weighted by atomic mass is 10.2. The third kappa shape index (κ3) is 5.39. The summed E-state index contributed by atoms with van der Waals surface area (Å²) in [7, 11) is 2.86. The predicted molar refractivity (Wildman–Crippen MR) is 126 cm³/mol. The van der Waals surface area contributed by atoms with Crippen molar-refractivity contribution in [3.05, 3.63) is 83.1 Å². The summed E-state index contributed by atoms with van der Waals surface area (Å²) in [5, 5.41) is 6.94. The van der Waals surface area contributed by atoms with Crippen LogP contribution in [-0.4, -0.2) is 31.4 Å². The van der Waals surface area contributed by atoms with Crippen LogP contribution in [0.15, 0.2) is 75.6 Å². The number of methoxy groups -OCH3 is 2. The van der Waals surface area contributed by atoms with Crippen LogP contribution in [0.4, 0.5) is 5.13 Å². The van der Waals surface area contributed by atoms with Gasteiger partial charge >= 0.3 is 5.97 Å². The number of aromatic nitrogens is 1. The lowest BCUT2D eigenvalue weighted by Gasteiger charge is -2.12. The van der Waals surface area contributed by atoms with E-state index in [4.69, 9.17) is 13.9 Å². The molecule has 9 heteroatoms. The zero-order valence-electron chi connectivity index (χ0n) is 18.0. The smallest absolute Gasteiger partial charge is 0.373 e. The Morgan fingerprint density at radius 1 is 1.12 bits per heavy atom. The highest BCUT2D eigenvalue weighted by Gasteiger charge is 2.14. The highest BCUT2D eigenvalue weighted by Crippen LogP contribution is 2.31. The monoisotopic (exact) mass is 463 g/mol. The quantitative estimate of drug-likeness (QED) is 0.206. The minimum Gasteiger partial charge on any atom is -0.493 e. The second kappa shape index (κ2) is 10.5. The summed E-state index contributed by atoms with van der Waals surface area (Å²) in [6, 6.07) is 18.6. The summed E-state index contributed by atoms with van der Waals surface area (Å²) in [4.78, 5) is 16.1. The number of carbonyl (C=O) groups is 1. The van der Waals surface area contributed by atoms with E-state index in [2.05, 4.69) is 20.2 Å². The van der Waals surface area contributed by atoms with Crippen LogP contribution in [0.25, 0.3) is 11.3 Å². The summed E-state index contributed by atoms with van der Waals surface area (Å²) in [5.74, 6) is 1.07. The molecular formula is C24H21N3O5S. The SMILES string of the molecule is COC(=O)c1ccc(COc2c(C=NNc3nc(-c4ccccc4)cs3)cccc2OC)o1. The first-order chi connectivity index (χ1) is 16.2. The Kier molecular flexibility index (Phi) is 7.01. The van der Waals surface area contributed by atoms with Crippen molar-refractivity contribution in [3.63, 3.8) is 0 Å². The molecule has 2 aromatic heterocycles. The van der Waals surface area contributed by atoms with E-state index in [1.54, 1.807) is 25.5 Å². The van der Waals surface area contributed by atoms with Crippen LogP contribution in [0.1, 0.15) is 21.9 Å². The number of para-hydroxylation sites is 1. The van der Waals surface area contributed by atoms with Crippen molar-refractivity contribution in [2.45, 2.75) is 6.61 Å². The summed E-state index contributed by atoms with van der Waals surface area (Å²) in [5.41, 5.74) is 5.58. The topological polar surface area (TPSA) is 95.2 Å². The number of hydrogen-bond acceptors (Lipinski definition) is 9. The molecule has 168 valence electrons. The average Bonchev–Trinajstić information content (AvgIpc) is 3.53. The Bertz CT molecular complexity index is 1250. The van der Waals surface area contributed by atoms with Gasteiger partial charge in [-0.2, -0.15) is 5.10 Å². The molecule has 0 radical (unpaired) electrons. The maximum Gasteiger partial charge on any atom is 0.373 e. The lowest BCUT2D eigenvalue weighted by Crippen LogP contribution is -2.01. The van der Waals surface area contributed by atoms with Crippen LogP contribution in [0.2, 0.25) is 0 Å². The van der Waals surface area contributed by atoms with Gasteiger partial charge in [-0.25, -0.2) is 9.78 Å². The van der Waals surface area contributed by atoms with Crippen LogP contribution in [-0.2, 0) is 11.3 Å². The molecule has 0 spiro atoms. The van der Waals surface area contributed by atoms with E-state index in [0.717, 1.165) is 11.3 Å². The molecule has 0 aliphatic heterocycles. The van der Waals surface area contributed by atoms with Crippen molar-refractivity contribution in [2.75, 3.05) is 19.6 Å². The number of furan rings is 1. The zero-order valence-corrected chi connectivity index (χ0v) is 18.8. The van der Waals surface area contributed by atoms with Crippen LogP contribution in [0.5, 0.6) is 11.5 Å². The maximum absolute atomic E-state index is 11.6. The van der Waals surface area contributed by atoms with Gasteiger partial charge in [0.15, 0.2) is 11.5 Å². The van der Waals surface area contributed by atoms with Crippen molar-refractivity contribution in [3.8, 4) is 22.8 Å². The van der Waals surface area contributed by atoms with E-state index >= 15 is 0 Å². The molecule has 2 aromatic carbocycles. The van der Waals surface area contributed by atoms with Gasteiger partial charge in [0.2, 0.25) is 10.9 Å². The van der Waals surface area contributed by atoms with Gasteiger partial charge in [0.05, 0.1) is 26.1 Å². The van der Waals surface area contributed by atoms with Gasteiger partial charge in [0.25, 0.3) is 0 Å². The molecule has 1 N–H and O–H groups in total. The van der Waals surface area contributed by atoms with Gasteiger partial charge in [-0.15, -0.1) is 11.3 Å². The van der Waals surface area contributed by atoms with E-state index in [1.807, 2.05) is 47.8 Å². The van der Waals surface area contributed by atoms with Crippen LogP contribution in [0.3, 0.4) is 0 Å². The van der Waals surface area contributed by atoms with Crippen LogP contribution >= 0.6 is 11.3 Å². The second-order valence-corrected chi connectivity index (χ2v) is 7.56. The van der Waals surface area contributed by atoms with Crippen molar-refractivity contribution in [2.24, 2.45) is 5.10 Å². The number of nitrogens with one attached hydrogen (secondary N) is 1. The Morgan fingerprint density at radius 2 is 1.97 bits per heavy atom. The molecule has 0 aliphatic rings. The zero-order chi connectivity index (χ0) is 23.0. The van der Waals surface area contributed by atoms with E-state index in [-0.39, 0.29) is 12.4 Å². The molecule has 8 nitrogen and oxygen atoms in total. The third-order valence-corrected chi connectivity index (χ3v) is 5.32. The molecule has 0 aliphatic carbocycles. The fraction of sp³-hybridized carbons (Fsp3) is 0.125. The normalized spacial score (nSPS) is 10.8. The summed E-state index contributed by atoms with van der Waals surface area (Å²) < 4.78 is 21.5. The number of thiazole rings is 1. The van der Waals surface area contributed by atoms with Gasteiger partial charge in [0.1, 0.15) is 12.4 Å². The molecule has 4 aromatic rings. The predicted octanol–water partition coefficient (Wildman–Crippen LogP) is 5.22. The summed E-state index contributed by atoms with van der Waals surface area (Å²) in [6.07, 6.45) is 1.63. The number of carbonyl (C=O) groups excluding carboxylic acids is 1. The molecule has 2 heterocycles. The highest BCUT2D eigenvalue weighted by molar-refractivity contribution is 7.14. The van der Waals surface area contributed by atoms with E-state index < -0.39 is 5.97 Å². The third-order valence-electron chi connectivity index (χ3n) is 4.57. The van der Waals surface area contributed by atoms with Gasteiger partial charge < -0.3 is 18.6 Å². The van der Waals surface area contributed by atoms with Crippen LogP contribution in [0, 0.1) is 0 Å². The molecule has 4 rings (SSSR count). The fourth-order valence-electron chi connectivity index (χ4n) is 2.98. The number of nitrogens with zero attached hydrogens (tertiary/aromatic N) is 2. The standard InChI is InChI=1S/C24H21N3O5S/c1-29-20-10-6-9-17(22(20)31-14-18-11-12-21(32-18)23(28)30-2)13-25-27-24-26-19(15-33-24)16-7-4-3-5-8-16/h3-13,15H,14H2,1-2H3,(H,26,27). The number of esters is 1. The first kappa shape index (κ1) is 22.1. The van der Waals surface area contributed by atoms with Crippen molar-refractivity contribution < 1.29 is 23.4 Å². The number of rotatable bonds is 9. The van der Waals surface area contributed by atoms with Gasteiger partial charge in [-0.05, 0) is 24.3 Å². The van der Waals surface area contributed by atoms with Crippen molar-refractivity contribution in [1.29, 1.82) is 0 Å². The average molecular weight is 464 g/mol. The molecule has 0 amide bonds. The van der Waals surface area contributed by atoms with E-state index in [1.165, 1.54) is 24.5 Å². The number of ether oxygens (including phenoxy) is 3. The fourth-order valence-corrected chi connectivity index (χ4v) is 3.65. The van der Waals surface area contributed by atoms with Crippen LogP contribution < -0.4 is 14.9 Å². The summed E-state index contributed by atoms with van der Waals surface area (Å²) in [6.45, 7) is 0.0958. The second-order valence-electron chi connectivity index (χ2n) is 6.70. The Hall–Kier alpha value is -4.11. The van der Waals surface area contributed by atoms with E-state index in [0.29, 0.717) is 28.0 Å². The van der Waals surface area contributed by atoms with Gasteiger partial charge in [0, 0.05) is 16.5 Å². The number of anilines is 1. The molecule has 0 unspecified atom stereocenters. The van der Waals surface area contributed by atoms with E-state index in [9.17, 15) is 4.79 Å². The number of hydrazone groups is 1. The Morgan fingerprint density at radius 3 is 2.76 bits per heavy atom. The van der Waals surface area contributed by atoms with Crippen molar-refractivity contribution in [1.82, 2.24) is 4.98 Å². The molecule has 0 atom stereocenters.